The SMILES string of the molecule is NCc1ccnc(Sc2ccccc2Cl)c1. The summed E-state index contributed by atoms with van der Waals surface area (Å²) in [6.07, 6.45) is 1.77. The Morgan fingerprint density at radius 2 is 2.06 bits per heavy atom. The molecule has 0 aliphatic rings. The summed E-state index contributed by atoms with van der Waals surface area (Å²) in [6, 6.07) is 11.6. The number of benzene rings is 1. The zero-order valence-corrected chi connectivity index (χ0v) is 10.1. The molecule has 0 radical (unpaired) electrons. The number of hydrogen-bond donors (Lipinski definition) is 1. The maximum atomic E-state index is 6.07. The highest BCUT2D eigenvalue weighted by Gasteiger charge is 2.03. The molecule has 4 heteroatoms. The van der Waals surface area contributed by atoms with Crippen LogP contribution in [0, 0.1) is 0 Å². The van der Waals surface area contributed by atoms with Gasteiger partial charge in [-0.15, -0.1) is 0 Å². The highest BCUT2D eigenvalue weighted by atomic mass is 35.5. The van der Waals surface area contributed by atoms with E-state index in [4.69, 9.17) is 17.3 Å². The fourth-order valence-corrected chi connectivity index (χ4v) is 2.39. The van der Waals surface area contributed by atoms with E-state index in [1.165, 1.54) is 0 Å². The van der Waals surface area contributed by atoms with Crippen LogP contribution in [0.3, 0.4) is 0 Å². The minimum Gasteiger partial charge on any atom is -0.326 e. The molecule has 0 saturated heterocycles. The Labute approximate surface area is 104 Å². The number of pyridine rings is 1. The third kappa shape index (κ3) is 2.76. The smallest absolute Gasteiger partial charge is 0.101 e. The average Bonchev–Trinajstić information content (AvgIpc) is 2.32. The highest BCUT2D eigenvalue weighted by Crippen LogP contribution is 2.31. The molecule has 0 unspecified atom stereocenters. The fraction of sp³-hybridized carbons (Fsp3) is 0.0833. The van der Waals surface area contributed by atoms with E-state index < -0.39 is 0 Å². The zero-order valence-electron chi connectivity index (χ0n) is 8.56. The molecule has 2 aromatic rings. The Balaban J connectivity index is 2.24. The van der Waals surface area contributed by atoms with Crippen LogP contribution < -0.4 is 5.73 Å². The summed E-state index contributed by atoms with van der Waals surface area (Å²) in [5, 5.41) is 1.66. The Morgan fingerprint density at radius 3 is 2.81 bits per heavy atom. The van der Waals surface area contributed by atoms with Gasteiger partial charge in [0.2, 0.25) is 0 Å². The molecule has 0 atom stereocenters. The van der Waals surface area contributed by atoms with E-state index in [2.05, 4.69) is 4.98 Å². The molecule has 0 amide bonds. The average molecular weight is 251 g/mol. The lowest BCUT2D eigenvalue weighted by Crippen LogP contribution is -1.96. The molecule has 2 nitrogen and oxygen atoms in total. The summed E-state index contributed by atoms with van der Waals surface area (Å²) in [4.78, 5) is 5.28. The minimum atomic E-state index is 0.526. The van der Waals surface area contributed by atoms with Crippen LogP contribution in [0.5, 0.6) is 0 Å². The molecule has 2 N–H and O–H groups in total. The minimum absolute atomic E-state index is 0.526. The third-order valence-corrected chi connectivity index (χ3v) is 3.54. The van der Waals surface area contributed by atoms with Crippen LogP contribution in [-0.2, 0) is 6.54 Å². The van der Waals surface area contributed by atoms with E-state index in [1.807, 2.05) is 36.4 Å². The van der Waals surface area contributed by atoms with Gasteiger partial charge in [0, 0.05) is 17.6 Å². The predicted molar refractivity (Wildman–Crippen MR) is 67.7 cm³/mol. The maximum absolute atomic E-state index is 6.07. The number of halogens is 1. The maximum Gasteiger partial charge on any atom is 0.101 e. The molecule has 0 saturated carbocycles. The molecule has 1 heterocycles. The van der Waals surface area contributed by atoms with Crippen molar-refractivity contribution in [2.75, 3.05) is 0 Å². The summed E-state index contributed by atoms with van der Waals surface area (Å²) in [6.45, 7) is 0.526. The lowest BCUT2D eigenvalue weighted by Gasteiger charge is -2.04. The third-order valence-electron chi connectivity index (χ3n) is 2.09. The molecule has 0 aliphatic heterocycles. The molecule has 0 fully saturated rings. The fourth-order valence-electron chi connectivity index (χ4n) is 1.27. The summed E-state index contributed by atoms with van der Waals surface area (Å²) in [5.41, 5.74) is 6.65. The van der Waals surface area contributed by atoms with Gasteiger partial charge in [-0.3, -0.25) is 0 Å². The Morgan fingerprint density at radius 1 is 1.25 bits per heavy atom. The molecule has 0 spiro atoms. The van der Waals surface area contributed by atoms with Crippen LogP contribution in [0.15, 0.2) is 52.5 Å². The van der Waals surface area contributed by atoms with E-state index in [1.54, 1.807) is 18.0 Å². The van der Waals surface area contributed by atoms with Gasteiger partial charge in [-0.05, 0) is 29.8 Å². The molecule has 1 aromatic carbocycles. The monoisotopic (exact) mass is 250 g/mol. The van der Waals surface area contributed by atoms with Gasteiger partial charge in [-0.2, -0.15) is 0 Å². The van der Waals surface area contributed by atoms with Crippen molar-refractivity contribution in [1.82, 2.24) is 4.98 Å². The van der Waals surface area contributed by atoms with Gasteiger partial charge in [-0.25, -0.2) is 4.98 Å². The van der Waals surface area contributed by atoms with E-state index in [0.717, 1.165) is 20.5 Å². The van der Waals surface area contributed by atoms with Crippen LogP contribution >= 0.6 is 23.4 Å². The van der Waals surface area contributed by atoms with Crippen molar-refractivity contribution in [1.29, 1.82) is 0 Å². The highest BCUT2D eigenvalue weighted by molar-refractivity contribution is 7.99. The Hall–Kier alpha value is -1.03. The van der Waals surface area contributed by atoms with Gasteiger partial charge >= 0.3 is 0 Å². The van der Waals surface area contributed by atoms with Crippen LogP contribution in [0.1, 0.15) is 5.56 Å². The van der Waals surface area contributed by atoms with Gasteiger partial charge in [0.15, 0.2) is 0 Å². The van der Waals surface area contributed by atoms with Gasteiger partial charge in [0.1, 0.15) is 5.03 Å². The normalized spacial score (nSPS) is 10.4. The standard InChI is InChI=1S/C12H11ClN2S/c13-10-3-1-2-4-11(10)16-12-7-9(8-14)5-6-15-12/h1-7H,8,14H2. The topological polar surface area (TPSA) is 38.9 Å². The van der Waals surface area contributed by atoms with Gasteiger partial charge in [-0.1, -0.05) is 35.5 Å². The van der Waals surface area contributed by atoms with Crippen LogP contribution in [-0.4, -0.2) is 4.98 Å². The molecule has 2 rings (SSSR count). The second-order valence-corrected chi connectivity index (χ2v) is 4.71. The first-order valence-corrected chi connectivity index (χ1v) is 6.06. The molecule has 82 valence electrons. The van der Waals surface area contributed by atoms with E-state index in [9.17, 15) is 0 Å². The number of rotatable bonds is 3. The molecular weight excluding hydrogens is 240 g/mol. The molecular formula is C12H11ClN2S. The summed E-state index contributed by atoms with van der Waals surface area (Å²) < 4.78 is 0. The summed E-state index contributed by atoms with van der Waals surface area (Å²) in [5.74, 6) is 0. The summed E-state index contributed by atoms with van der Waals surface area (Å²) in [7, 11) is 0. The number of hydrogen-bond acceptors (Lipinski definition) is 3. The number of nitrogens with two attached hydrogens (primary N) is 1. The van der Waals surface area contributed by atoms with Crippen LogP contribution in [0.2, 0.25) is 5.02 Å². The second-order valence-electron chi connectivity index (χ2n) is 3.24. The quantitative estimate of drug-likeness (QED) is 0.908. The second kappa shape index (κ2) is 5.34. The van der Waals surface area contributed by atoms with Crippen molar-refractivity contribution < 1.29 is 0 Å². The van der Waals surface area contributed by atoms with Crippen molar-refractivity contribution in [3.8, 4) is 0 Å². The van der Waals surface area contributed by atoms with Crippen molar-refractivity contribution >= 4 is 23.4 Å². The molecule has 0 aliphatic carbocycles. The first-order valence-electron chi connectivity index (χ1n) is 4.87. The lowest BCUT2D eigenvalue weighted by molar-refractivity contribution is 1.02. The van der Waals surface area contributed by atoms with Crippen molar-refractivity contribution in [2.24, 2.45) is 5.73 Å². The lowest BCUT2D eigenvalue weighted by atomic mass is 10.3. The van der Waals surface area contributed by atoms with Gasteiger partial charge < -0.3 is 5.73 Å². The first-order chi connectivity index (χ1) is 7.79. The number of aromatic nitrogens is 1. The van der Waals surface area contributed by atoms with E-state index >= 15 is 0 Å². The molecule has 16 heavy (non-hydrogen) atoms. The van der Waals surface area contributed by atoms with Gasteiger partial charge in [0.25, 0.3) is 0 Å². The Bertz CT molecular complexity index is 488. The van der Waals surface area contributed by atoms with Gasteiger partial charge in [0.05, 0.1) is 5.02 Å². The molecule has 0 bridgehead atoms. The van der Waals surface area contributed by atoms with E-state index in [0.29, 0.717) is 6.54 Å². The van der Waals surface area contributed by atoms with Crippen molar-refractivity contribution in [2.45, 2.75) is 16.5 Å². The van der Waals surface area contributed by atoms with Crippen LogP contribution in [0.25, 0.3) is 0 Å². The largest absolute Gasteiger partial charge is 0.326 e. The Kier molecular flexibility index (Phi) is 3.83. The van der Waals surface area contributed by atoms with E-state index in [-0.39, 0.29) is 0 Å². The number of nitrogens with zero attached hydrogens (tertiary/aromatic N) is 1. The van der Waals surface area contributed by atoms with Crippen molar-refractivity contribution in [3.05, 3.63) is 53.2 Å². The summed E-state index contributed by atoms with van der Waals surface area (Å²) >= 11 is 7.62. The predicted octanol–water partition coefficient (Wildman–Crippen LogP) is 3.34. The van der Waals surface area contributed by atoms with Crippen LogP contribution in [0.4, 0.5) is 0 Å². The zero-order chi connectivity index (χ0) is 11.4. The first kappa shape index (κ1) is 11.5. The van der Waals surface area contributed by atoms with Crippen molar-refractivity contribution in [3.63, 3.8) is 0 Å². The molecule has 1 aromatic heterocycles.